The van der Waals surface area contributed by atoms with Crippen molar-refractivity contribution in [3.05, 3.63) is 24.1 Å². The molecule has 0 unspecified atom stereocenters. The zero-order valence-corrected chi connectivity index (χ0v) is 11.0. The van der Waals surface area contributed by atoms with Gasteiger partial charge in [0.1, 0.15) is 5.52 Å². The summed E-state index contributed by atoms with van der Waals surface area (Å²) in [5, 5.41) is 29.9. The van der Waals surface area contributed by atoms with Gasteiger partial charge in [-0.05, 0) is 31.0 Å². The molecule has 108 valence electrons. The molecule has 0 spiro atoms. The quantitative estimate of drug-likeness (QED) is 0.696. The molecule has 1 aliphatic rings. The SMILES string of the molecule is OC(O)n1nnc2cc(-c3noc(C4CCC4)n3)ccc21. The van der Waals surface area contributed by atoms with Crippen LogP contribution in [-0.4, -0.2) is 35.3 Å². The van der Waals surface area contributed by atoms with Crippen molar-refractivity contribution in [3.8, 4) is 11.4 Å². The summed E-state index contributed by atoms with van der Waals surface area (Å²) in [4.78, 5) is 4.42. The zero-order valence-electron chi connectivity index (χ0n) is 11.0. The lowest BCUT2D eigenvalue weighted by molar-refractivity contribution is -0.108. The van der Waals surface area contributed by atoms with E-state index in [4.69, 9.17) is 4.52 Å². The fourth-order valence-electron chi connectivity index (χ4n) is 2.42. The van der Waals surface area contributed by atoms with Crippen molar-refractivity contribution in [2.45, 2.75) is 31.6 Å². The molecule has 0 radical (unpaired) electrons. The molecular formula is C13H13N5O3. The van der Waals surface area contributed by atoms with Gasteiger partial charge in [-0.15, -0.1) is 5.10 Å². The standard InChI is InChI=1S/C13H13N5O3/c19-13(20)18-10-5-4-8(6-9(10)15-17-18)11-14-12(21-16-11)7-2-1-3-7/h4-7,13,19-20H,1-3H2. The second kappa shape index (κ2) is 4.61. The summed E-state index contributed by atoms with van der Waals surface area (Å²) in [5.74, 6) is 1.59. The lowest BCUT2D eigenvalue weighted by atomic mass is 9.85. The molecule has 0 atom stereocenters. The van der Waals surface area contributed by atoms with Gasteiger partial charge in [0.15, 0.2) is 0 Å². The second-order valence-electron chi connectivity index (χ2n) is 5.17. The largest absolute Gasteiger partial charge is 0.350 e. The maximum atomic E-state index is 9.17. The van der Waals surface area contributed by atoms with E-state index >= 15 is 0 Å². The van der Waals surface area contributed by atoms with E-state index in [2.05, 4.69) is 20.5 Å². The number of rotatable bonds is 3. The molecule has 1 fully saturated rings. The number of hydrogen-bond donors (Lipinski definition) is 2. The van der Waals surface area contributed by atoms with Crippen molar-refractivity contribution in [3.63, 3.8) is 0 Å². The molecule has 0 saturated heterocycles. The van der Waals surface area contributed by atoms with Crippen molar-refractivity contribution in [2.24, 2.45) is 0 Å². The fraction of sp³-hybridized carbons (Fsp3) is 0.385. The average molecular weight is 287 g/mol. The molecule has 3 aromatic rings. The molecule has 8 nitrogen and oxygen atoms in total. The average Bonchev–Trinajstić information content (AvgIpc) is 3.02. The summed E-state index contributed by atoms with van der Waals surface area (Å²) >= 11 is 0. The summed E-state index contributed by atoms with van der Waals surface area (Å²) < 4.78 is 6.32. The van der Waals surface area contributed by atoms with Gasteiger partial charge in [0.25, 0.3) is 6.41 Å². The third-order valence-electron chi connectivity index (χ3n) is 3.84. The lowest BCUT2D eigenvalue weighted by Gasteiger charge is -2.20. The van der Waals surface area contributed by atoms with Crippen LogP contribution in [0.25, 0.3) is 22.4 Å². The van der Waals surface area contributed by atoms with Crippen LogP contribution in [0.3, 0.4) is 0 Å². The Bertz CT molecular complexity index is 790. The Labute approximate surface area is 119 Å². The van der Waals surface area contributed by atoms with E-state index in [0.717, 1.165) is 23.1 Å². The van der Waals surface area contributed by atoms with Gasteiger partial charge in [0.05, 0.1) is 5.52 Å². The number of aromatic nitrogens is 5. The highest BCUT2D eigenvalue weighted by Crippen LogP contribution is 2.36. The molecule has 21 heavy (non-hydrogen) atoms. The highest BCUT2D eigenvalue weighted by Gasteiger charge is 2.25. The van der Waals surface area contributed by atoms with Gasteiger partial charge in [-0.25, -0.2) is 0 Å². The monoisotopic (exact) mass is 287 g/mol. The number of hydrogen-bond acceptors (Lipinski definition) is 7. The van der Waals surface area contributed by atoms with Crippen LogP contribution in [0, 0.1) is 0 Å². The van der Waals surface area contributed by atoms with Crippen LogP contribution in [0.15, 0.2) is 22.7 Å². The Morgan fingerprint density at radius 3 is 2.86 bits per heavy atom. The van der Waals surface area contributed by atoms with E-state index in [1.807, 2.05) is 0 Å². The molecule has 0 amide bonds. The first-order chi connectivity index (χ1) is 10.2. The van der Waals surface area contributed by atoms with Crippen LogP contribution in [0.1, 0.15) is 37.5 Å². The Morgan fingerprint density at radius 1 is 1.29 bits per heavy atom. The topological polar surface area (TPSA) is 110 Å². The van der Waals surface area contributed by atoms with Crippen molar-refractivity contribution >= 4 is 11.0 Å². The Balaban J connectivity index is 1.71. The summed E-state index contributed by atoms with van der Waals surface area (Å²) in [5.41, 5.74) is 1.82. The molecule has 2 N–H and O–H groups in total. The van der Waals surface area contributed by atoms with Crippen LogP contribution >= 0.6 is 0 Å². The minimum Gasteiger partial charge on any atom is -0.350 e. The molecule has 8 heteroatoms. The Hall–Kier alpha value is -2.32. The normalized spacial score (nSPS) is 15.8. The van der Waals surface area contributed by atoms with Gasteiger partial charge >= 0.3 is 0 Å². The zero-order chi connectivity index (χ0) is 14.4. The summed E-state index contributed by atoms with van der Waals surface area (Å²) in [7, 11) is 0. The molecule has 4 rings (SSSR count). The summed E-state index contributed by atoms with van der Waals surface area (Å²) in [6.07, 6.45) is 1.70. The number of aliphatic hydroxyl groups excluding tert-OH is 1. The number of nitrogens with zero attached hydrogens (tertiary/aromatic N) is 5. The minimum atomic E-state index is -1.71. The van der Waals surface area contributed by atoms with Crippen molar-refractivity contribution in [1.82, 2.24) is 25.1 Å². The van der Waals surface area contributed by atoms with Crippen LogP contribution in [0.5, 0.6) is 0 Å². The molecule has 1 aromatic carbocycles. The van der Waals surface area contributed by atoms with Crippen LogP contribution in [0.4, 0.5) is 0 Å². The van der Waals surface area contributed by atoms with E-state index in [0.29, 0.717) is 28.7 Å². The summed E-state index contributed by atoms with van der Waals surface area (Å²) in [6.45, 7) is 0. The first kappa shape index (κ1) is 12.4. The van der Waals surface area contributed by atoms with Gasteiger partial charge < -0.3 is 14.7 Å². The number of aliphatic hydroxyl groups is 2. The van der Waals surface area contributed by atoms with E-state index in [-0.39, 0.29) is 0 Å². The molecule has 0 bridgehead atoms. The smallest absolute Gasteiger partial charge is 0.256 e. The highest BCUT2D eigenvalue weighted by molar-refractivity contribution is 5.79. The maximum Gasteiger partial charge on any atom is 0.256 e. The third-order valence-corrected chi connectivity index (χ3v) is 3.84. The molecule has 0 aliphatic heterocycles. The Morgan fingerprint density at radius 2 is 2.14 bits per heavy atom. The predicted octanol–water partition coefficient (Wildman–Crippen LogP) is 1.19. The predicted molar refractivity (Wildman–Crippen MR) is 70.9 cm³/mol. The van der Waals surface area contributed by atoms with Crippen molar-refractivity contribution in [1.29, 1.82) is 0 Å². The number of fused-ring (bicyclic) bond motifs is 1. The number of benzene rings is 1. The van der Waals surface area contributed by atoms with Crippen LogP contribution in [0.2, 0.25) is 0 Å². The van der Waals surface area contributed by atoms with Gasteiger partial charge in [-0.3, -0.25) is 0 Å². The molecular weight excluding hydrogens is 274 g/mol. The molecule has 1 saturated carbocycles. The first-order valence-corrected chi connectivity index (χ1v) is 6.77. The van der Waals surface area contributed by atoms with Gasteiger partial charge in [-0.2, -0.15) is 9.67 Å². The van der Waals surface area contributed by atoms with Crippen molar-refractivity contribution < 1.29 is 14.7 Å². The summed E-state index contributed by atoms with van der Waals surface area (Å²) in [6, 6.07) is 5.22. The lowest BCUT2D eigenvalue weighted by Crippen LogP contribution is -2.08. The maximum absolute atomic E-state index is 9.17. The van der Waals surface area contributed by atoms with E-state index in [9.17, 15) is 10.2 Å². The molecule has 2 heterocycles. The fourth-order valence-corrected chi connectivity index (χ4v) is 2.42. The van der Waals surface area contributed by atoms with Crippen molar-refractivity contribution in [2.75, 3.05) is 0 Å². The van der Waals surface area contributed by atoms with Gasteiger partial charge in [0.2, 0.25) is 11.7 Å². The van der Waals surface area contributed by atoms with E-state index in [1.165, 1.54) is 6.42 Å². The molecule has 1 aliphatic carbocycles. The second-order valence-corrected chi connectivity index (χ2v) is 5.17. The first-order valence-electron chi connectivity index (χ1n) is 6.77. The molecule has 2 aromatic heterocycles. The third kappa shape index (κ3) is 1.99. The van der Waals surface area contributed by atoms with Gasteiger partial charge in [-0.1, -0.05) is 16.8 Å². The van der Waals surface area contributed by atoms with Gasteiger partial charge in [0, 0.05) is 11.5 Å². The van der Waals surface area contributed by atoms with E-state index in [1.54, 1.807) is 18.2 Å². The highest BCUT2D eigenvalue weighted by atomic mass is 16.5. The van der Waals surface area contributed by atoms with Crippen LogP contribution in [-0.2, 0) is 0 Å². The van der Waals surface area contributed by atoms with Crippen LogP contribution < -0.4 is 0 Å². The van der Waals surface area contributed by atoms with E-state index < -0.39 is 6.41 Å². The minimum absolute atomic E-state index is 0.389. The Kier molecular flexibility index (Phi) is 2.72.